The molecule has 0 aromatic carbocycles. The van der Waals surface area contributed by atoms with E-state index in [1.807, 2.05) is 32.1 Å². The first kappa shape index (κ1) is 12.0. The Labute approximate surface area is 92.9 Å². The van der Waals surface area contributed by atoms with Crippen LogP contribution < -0.4 is 16.6 Å². The highest BCUT2D eigenvalue weighted by Gasteiger charge is 1.97. The van der Waals surface area contributed by atoms with Crippen LogP contribution in [0.1, 0.15) is 20.3 Å². The Hall–Kier alpha value is -2.04. The minimum absolute atomic E-state index is 0.381. The molecule has 3 N–H and O–H groups in total. The van der Waals surface area contributed by atoms with Crippen molar-refractivity contribution in [1.82, 2.24) is 9.97 Å². The van der Waals surface area contributed by atoms with E-state index in [1.54, 1.807) is 0 Å². The molecule has 0 aliphatic heterocycles. The molecule has 0 aliphatic rings. The Morgan fingerprint density at radius 1 is 1.44 bits per heavy atom. The van der Waals surface area contributed by atoms with Crippen molar-refractivity contribution in [2.45, 2.75) is 20.3 Å². The fraction of sp³-hybridized carbons (Fsp3) is 0.273. The number of hydrogen-bond donors (Lipinski definition) is 3. The summed E-state index contributed by atoms with van der Waals surface area (Å²) in [6, 6.07) is 1.30. The van der Waals surface area contributed by atoms with Gasteiger partial charge in [-0.25, -0.2) is 4.79 Å². The van der Waals surface area contributed by atoms with Gasteiger partial charge in [0.05, 0.1) is 0 Å². The molecule has 16 heavy (non-hydrogen) atoms. The summed E-state index contributed by atoms with van der Waals surface area (Å²) in [7, 11) is 0. The standard InChI is InChI=1S/C11H15N3O2/c1-3-5-8(6-4-2)12-9-7-10(15)14-11(16)13-9/h3,5-7H,4H2,1-2H3,(H3,12,13,14,15,16)/b5-3-,8-6+. The lowest BCUT2D eigenvalue weighted by Crippen LogP contribution is -2.22. The summed E-state index contributed by atoms with van der Waals surface area (Å²) in [5.41, 5.74) is -0.111. The van der Waals surface area contributed by atoms with Crippen LogP contribution in [0.5, 0.6) is 0 Å². The van der Waals surface area contributed by atoms with E-state index in [2.05, 4.69) is 15.3 Å². The molecule has 1 aromatic heterocycles. The van der Waals surface area contributed by atoms with Crippen LogP contribution in [0.25, 0.3) is 0 Å². The molecular formula is C11H15N3O2. The predicted octanol–water partition coefficient (Wildman–Crippen LogP) is 1.35. The molecule has 0 amide bonds. The lowest BCUT2D eigenvalue weighted by molar-refractivity contribution is 1.03. The second-order valence-corrected chi connectivity index (χ2v) is 3.19. The van der Waals surface area contributed by atoms with Crippen molar-refractivity contribution in [2.75, 3.05) is 5.32 Å². The summed E-state index contributed by atoms with van der Waals surface area (Å²) >= 11 is 0. The zero-order chi connectivity index (χ0) is 12.0. The molecule has 1 rings (SSSR count). The fourth-order valence-electron chi connectivity index (χ4n) is 1.25. The average molecular weight is 221 g/mol. The molecule has 86 valence electrons. The smallest absolute Gasteiger partial charge is 0.327 e. The van der Waals surface area contributed by atoms with Crippen molar-refractivity contribution >= 4 is 5.82 Å². The first-order chi connectivity index (χ1) is 7.65. The van der Waals surface area contributed by atoms with E-state index in [1.165, 1.54) is 6.07 Å². The monoisotopic (exact) mass is 221 g/mol. The quantitative estimate of drug-likeness (QED) is 0.671. The zero-order valence-corrected chi connectivity index (χ0v) is 9.33. The zero-order valence-electron chi connectivity index (χ0n) is 9.33. The second-order valence-electron chi connectivity index (χ2n) is 3.19. The van der Waals surface area contributed by atoms with Crippen LogP contribution in [0.2, 0.25) is 0 Å². The Morgan fingerprint density at radius 3 is 2.75 bits per heavy atom. The van der Waals surface area contributed by atoms with Crippen LogP contribution in [0.4, 0.5) is 5.82 Å². The molecule has 5 heteroatoms. The number of rotatable bonds is 4. The van der Waals surface area contributed by atoms with Crippen LogP contribution in [0.15, 0.2) is 39.6 Å². The van der Waals surface area contributed by atoms with Gasteiger partial charge in [0, 0.05) is 11.8 Å². The highest BCUT2D eigenvalue weighted by molar-refractivity contribution is 5.43. The molecule has 5 nitrogen and oxygen atoms in total. The third-order valence-corrected chi connectivity index (χ3v) is 1.81. The van der Waals surface area contributed by atoms with Crippen molar-refractivity contribution in [2.24, 2.45) is 0 Å². The molecule has 1 aromatic rings. The van der Waals surface area contributed by atoms with Crippen LogP contribution >= 0.6 is 0 Å². The molecule has 1 heterocycles. The molecular weight excluding hydrogens is 206 g/mol. The van der Waals surface area contributed by atoms with Crippen LogP contribution in [0.3, 0.4) is 0 Å². The van der Waals surface area contributed by atoms with E-state index in [-0.39, 0.29) is 0 Å². The van der Waals surface area contributed by atoms with Crippen molar-refractivity contribution in [1.29, 1.82) is 0 Å². The number of aromatic nitrogens is 2. The van der Waals surface area contributed by atoms with Gasteiger partial charge in [-0.3, -0.25) is 14.8 Å². The van der Waals surface area contributed by atoms with E-state index in [0.29, 0.717) is 5.82 Å². The molecule has 0 fully saturated rings. The molecule has 0 spiro atoms. The summed E-state index contributed by atoms with van der Waals surface area (Å²) in [6.45, 7) is 3.90. The molecule has 0 radical (unpaired) electrons. The van der Waals surface area contributed by atoms with Crippen molar-refractivity contribution < 1.29 is 0 Å². The second kappa shape index (κ2) is 5.75. The number of H-pyrrole nitrogens is 2. The first-order valence-electron chi connectivity index (χ1n) is 5.09. The lowest BCUT2D eigenvalue weighted by Gasteiger charge is -2.05. The summed E-state index contributed by atoms with van der Waals surface area (Å²) in [4.78, 5) is 26.7. The van der Waals surface area contributed by atoms with Gasteiger partial charge in [-0.05, 0) is 19.4 Å². The minimum atomic E-state index is -0.522. The number of anilines is 1. The Kier molecular flexibility index (Phi) is 4.32. The number of hydrogen-bond acceptors (Lipinski definition) is 3. The predicted molar refractivity (Wildman–Crippen MR) is 64.5 cm³/mol. The molecule has 0 atom stereocenters. The molecule has 0 aliphatic carbocycles. The summed E-state index contributed by atoms with van der Waals surface area (Å²) in [6.07, 6.45) is 6.56. The number of allylic oxidation sites excluding steroid dienone is 3. The molecule has 0 saturated carbocycles. The van der Waals surface area contributed by atoms with Crippen LogP contribution in [-0.4, -0.2) is 9.97 Å². The Bertz CT molecular complexity index is 480. The van der Waals surface area contributed by atoms with Crippen LogP contribution in [0, 0.1) is 0 Å². The van der Waals surface area contributed by atoms with Gasteiger partial charge in [0.1, 0.15) is 5.82 Å². The van der Waals surface area contributed by atoms with Gasteiger partial charge < -0.3 is 5.32 Å². The number of nitrogens with one attached hydrogen (secondary N) is 3. The Morgan fingerprint density at radius 2 is 2.19 bits per heavy atom. The van der Waals surface area contributed by atoms with Crippen LogP contribution in [-0.2, 0) is 0 Å². The normalized spacial score (nSPS) is 12.0. The van der Waals surface area contributed by atoms with Gasteiger partial charge in [0.15, 0.2) is 0 Å². The molecule has 0 bridgehead atoms. The van der Waals surface area contributed by atoms with E-state index in [9.17, 15) is 9.59 Å². The maximum atomic E-state index is 11.1. The van der Waals surface area contributed by atoms with Gasteiger partial charge in [-0.15, -0.1) is 0 Å². The topological polar surface area (TPSA) is 77.8 Å². The maximum absolute atomic E-state index is 11.1. The highest BCUT2D eigenvalue weighted by Crippen LogP contribution is 2.04. The van der Waals surface area contributed by atoms with E-state index in [4.69, 9.17) is 0 Å². The van der Waals surface area contributed by atoms with Crippen molar-refractivity contribution in [3.8, 4) is 0 Å². The van der Waals surface area contributed by atoms with Crippen molar-refractivity contribution in [3.05, 3.63) is 50.8 Å². The van der Waals surface area contributed by atoms with Gasteiger partial charge in [-0.2, -0.15) is 0 Å². The summed E-state index contributed by atoms with van der Waals surface area (Å²) in [5.74, 6) is 0.381. The van der Waals surface area contributed by atoms with Gasteiger partial charge in [0.2, 0.25) is 0 Å². The third-order valence-electron chi connectivity index (χ3n) is 1.81. The maximum Gasteiger partial charge on any atom is 0.327 e. The number of aromatic amines is 2. The summed E-state index contributed by atoms with van der Waals surface area (Å²) in [5, 5.41) is 2.96. The summed E-state index contributed by atoms with van der Waals surface area (Å²) < 4.78 is 0. The largest absolute Gasteiger partial charge is 0.342 e. The third kappa shape index (κ3) is 3.61. The van der Waals surface area contributed by atoms with Gasteiger partial charge in [-0.1, -0.05) is 19.1 Å². The van der Waals surface area contributed by atoms with E-state index < -0.39 is 11.2 Å². The average Bonchev–Trinajstić information content (AvgIpc) is 2.16. The highest BCUT2D eigenvalue weighted by atomic mass is 16.2. The van der Waals surface area contributed by atoms with Crippen molar-refractivity contribution in [3.63, 3.8) is 0 Å². The molecule has 0 saturated heterocycles. The lowest BCUT2D eigenvalue weighted by atomic mass is 10.3. The first-order valence-corrected chi connectivity index (χ1v) is 5.09. The molecule has 0 unspecified atom stereocenters. The fourth-order valence-corrected chi connectivity index (χ4v) is 1.25. The van der Waals surface area contributed by atoms with E-state index >= 15 is 0 Å². The van der Waals surface area contributed by atoms with Gasteiger partial charge >= 0.3 is 5.69 Å². The SMILES string of the molecule is C/C=C\C(=C/CC)Nc1cc(=O)[nH]c(=O)[nH]1. The van der Waals surface area contributed by atoms with E-state index in [0.717, 1.165) is 12.1 Å². The minimum Gasteiger partial charge on any atom is -0.342 e. The Balaban J connectivity index is 2.98. The van der Waals surface area contributed by atoms with Gasteiger partial charge in [0.25, 0.3) is 5.56 Å².